The monoisotopic (exact) mass is 443 g/mol. The molecule has 5 aromatic rings. The van der Waals surface area contributed by atoms with E-state index in [1.165, 1.54) is 13.3 Å². The standard InChI is InChI=1S/C23H17N5O3S/c1-31-19-11-13(2-6-18(19)29)16-4-5-17-22(26-16)27-21(12-24-17)28-23(30)25-15-3-7-20-14(10-15)8-9-32-20/h2-12,29H,1H3,(H2,25,26,27,28,30). The molecular formula is C23H17N5O3S. The van der Waals surface area contributed by atoms with E-state index < -0.39 is 6.03 Å². The molecule has 3 aromatic heterocycles. The van der Waals surface area contributed by atoms with Crippen molar-refractivity contribution < 1.29 is 14.6 Å². The maximum atomic E-state index is 12.4. The number of amides is 2. The minimum Gasteiger partial charge on any atom is -0.504 e. The summed E-state index contributed by atoms with van der Waals surface area (Å²) in [7, 11) is 1.49. The molecule has 0 fully saturated rings. The van der Waals surface area contributed by atoms with Crippen LogP contribution in [0.15, 0.2) is 66.2 Å². The molecule has 32 heavy (non-hydrogen) atoms. The third-order valence-electron chi connectivity index (χ3n) is 4.83. The third kappa shape index (κ3) is 3.88. The van der Waals surface area contributed by atoms with Gasteiger partial charge in [-0.15, -0.1) is 11.3 Å². The maximum Gasteiger partial charge on any atom is 0.324 e. The van der Waals surface area contributed by atoms with Crippen LogP contribution in [0.4, 0.5) is 16.3 Å². The third-order valence-corrected chi connectivity index (χ3v) is 5.73. The number of carbonyl (C=O) groups is 1. The van der Waals surface area contributed by atoms with E-state index in [-0.39, 0.29) is 11.6 Å². The van der Waals surface area contributed by atoms with E-state index in [1.807, 2.05) is 35.7 Å². The van der Waals surface area contributed by atoms with Crippen LogP contribution in [0, 0.1) is 0 Å². The fourth-order valence-electron chi connectivity index (χ4n) is 3.28. The molecule has 5 rings (SSSR count). The van der Waals surface area contributed by atoms with E-state index in [1.54, 1.807) is 35.6 Å². The van der Waals surface area contributed by atoms with Gasteiger partial charge in [0.05, 0.1) is 19.0 Å². The number of benzene rings is 2. The van der Waals surface area contributed by atoms with Crippen molar-refractivity contribution in [3.05, 3.63) is 66.2 Å². The highest BCUT2D eigenvalue weighted by atomic mass is 32.1. The van der Waals surface area contributed by atoms with Crippen LogP contribution >= 0.6 is 11.3 Å². The number of phenolic OH excluding ortho intramolecular Hbond substituents is 1. The lowest BCUT2D eigenvalue weighted by Crippen LogP contribution is -2.20. The van der Waals surface area contributed by atoms with Gasteiger partial charge in [-0.05, 0) is 65.4 Å². The van der Waals surface area contributed by atoms with Crippen molar-refractivity contribution in [3.63, 3.8) is 0 Å². The number of rotatable bonds is 4. The topological polar surface area (TPSA) is 109 Å². The molecule has 8 nitrogen and oxygen atoms in total. The average Bonchev–Trinajstić information content (AvgIpc) is 3.27. The first-order chi connectivity index (χ1) is 15.6. The number of hydrogen-bond donors (Lipinski definition) is 3. The van der Waals surface area contributed by atoms with Gasteiger partial charge in [-0.25, -0.2) is 19.7 Å². The van der Waals surface area contributed by atoms with Crippen LogP contribution in [-0.4, -0.2) is 33.2 Å². The van der Waals surface area contributed by atoms with Crippen LogP contribution in [0.1, 0.15) is 0 Å². The highest BCUT2D eigenvalue weighted by Gasteiger charge is 2.10. The zero-order valence-electron chi connectivity index (χ0n) is 16.9. The molecule has 2 aromatic carbocycles. The number of thiophene rings is 1. The van der Waals surface area contributed by atoms with Gasteiger partial charge in [0.2, 0.25) is 0 Å². The number of ether oxygens (including phenoxy) is 1. The van der Waals surface area contributed by atoms with Crippen LogP contribution < -0.4 is 15.4 Å². The first kappa shape index (κ1) is 19.7. The lowest BCUT2D eigenvalue weighted by atomic mass is 10.1. The minimum atomic E-state index is -0.423. The zero-order chi connectivity index (χ0) is 22.1. The SMILES string of the molecule is COc1cc(-c2ccc3ncc(NC(=O)Nc4ccc5sccc5c4)nc3n2)ccc1O. The van der Waals surface area contributed by atoms with Gasteiger partial charge < -0.3 is 15.2 Å². The number of urea groups is 1. The Bertz CT molecular complexity index is 1470. The Labute approximate surface area is 186 Å². The number of aromatic hydroxyl groups is 1. The van der Waals surface area contributed by atoms with Gasteiger partial charge in [0.1, 0.15) is 5.52 Å². The second kappa shape index (κ2) is 8.12. The number of aromatic nitrogens is 3. The van der Waals surface area contributed by atoms with Gasteiger partial charge in [0.15, 0.2) is 23.0 Å². The summed E-state index contributed by atoms with van der Waals surface area (Å²) in [5, 5.41) is 18.4. The van der Waals surface area contributed by atoms with Crippen molar-refractivity contribution in [2.24, 2.45) is 0 Å². The molecule has 0 aliphatic heterocycles. The van der Waals surface area contributed by atoms with Crippen molar-refractivity contribution in [2.45, 2.75) is 0 Å². The van der Waals surface area contributed by atoms with Gasteiger partial charge >= 0.3 is 6.03 Å². The van der Waals surface area contributed by atoms with E-state index in [9.17, 15) is 9.90 Å². The Morgan fingerprint density at radius 2 is 1.94 bits per heavy atom. The van der Waals surface area contributed by atoms with Gasteiger partial charge in [-0.3, -0.25) is 5.32 Å². The maximum absolute atomic E-state index is 12.4. The quantitative estimate of drug-likeness (QED) is 0.349. The Balaban J connectivity index is 1.37. The fourth-order valence-corrected chi connectivity index (χ4v) is 4.05. The molecule has 0 saturated heterocycles. The summed E-state index contributed by atoms with van der Waals surface area (Å²) in [6, 6.07) is 15.9. The summed E-state index contributed by atoms with van der Waals surface area (Å²) in [4.78, 5) is 25.7. The lowest BCUT2D eigenvalue weighted by molar-refractivity contribution is 0.262. The number of phenols is 1. The molecule has 2 amide bonds. The van der Waals surface area contributed by atoms with E-state index in [4.69, 9.17) is 4.74 Å². The molecular weight excluding hydrogens is 426 g/mol. The van der Waals surface area contributed by atoms with Crippen LogP contribution in [0.3, 0.4) is 0 Å². The van der Waals surface area contributed by atoms with Crippen LogP contribution in [-0.2, 0) is 0 Å². The van der Waals surface area contributed by atoms with E-state index in [2.05, 4.69) is 25.6 Å². The van der Waals surface area contributed by atoms with E-state index in [0.717, 1.165) is 15.6 Å². The summed E-state index contributed by atoms with van der Waals surface area (Å²) >= 11 is 1.65. The number of carbonyl (C=O) groups excluding carboxylic acids is 1. The molecule has 9 heteroatoms. The molecule has 0 bridgehead atoms. The van der Waals surface area contributed by atoms with Gasteiger partial charge in [0, 0.05) is 16.0 Å². The summed E-state index contributed by atoms with van der Waals surface area (Å²) in [6.07, 6.45) is 1.48. The van der Waals surface area contributed by atoms with E-state index in [0.29, 0.717) is 28.3 Å². The Hall–Kier alpha value is -4.24. The highest BCUT2D eigenvalue weighted by Crippen LogP contribution is 2.31. The summed E-state index contributed by atoms with van der Waals surface area (Å²) in [5.41, 5.74) is 3.04. The number of anilines is 2. The van der Waals surface area contributed by atoms with E-state index >= 15 is 0 Å². The average molecular weight is 443 g/mol. The molecule has 158 valence electrons. The fraction of sp³-hybridized carbons (Fsp3) is 0.0435. The van der Waals surface area contributed by atoms with Crippen LogP contribution in [0.5, 0.6) is 11.5 Å². The zero-order valence-corrected chi connectivity index (χ0v) is 17.7. The van der Waals surface area contributed by atoms with Crippen molar-refractivity contribution in [2.75, 3.05) is 17.7 Å². The summed E-state index contributed by atoms with van der Waals surface area (Å²) in [6.45, 7) is 0. The Morgan fingerprint density at radius 1 is 1.03 bits per heavy atom. The van der Waals surface area contributed by atoms with Gasteiger partial charge in [0.25, 0.3) is 0 Å². The molecule has 0 saturated carbocycles. The largest absolute Gasteiger partial charge is 0.504 e. The van der Waals surface area contributed by atoms with Crippen molar-refractivity contribution in [3.8, 4) is 22.8 Å². The number of pyridine rings is 1. The number of hydrogen-bond acceptors (Lipinski definition) is 7. The molecule has 0 spiro atoms. The number of nitrogens with zero attached hydrogens (tertiary/aromatic N) is 3. The Morgan fingerprint density at radius 3 is 2.81 bits per heavy atom. The van der Waals surface area contributed by atoms with Gasteiger partial charge in [-0.1, -0.05) is 0 Å². The normalized spacial score (nSPS) is 10.9. The van der Waals surface area contributed by atoms with Crippen LogP contribution in [0.2, 0.25) is 0 Å². The molecule has 3 heterocycles. The minimum absolute atomic E-state index is 0.0486. The number of fused-ring (bicyclic) bond motifs is 2. The van der Waals surface area contributed by atoms with Crippen LogP contribution in [0.25, 0.3) is 32.5 Å². The smallest absolute Gasteiger partial charge is 0.324 e. The second-order valence-corrected chi connectivity index (χ2v) is 7.88. The van der Waals surface area contributed by atoms with Crippen molar-refractivity contribution in [1.82, 2.24) is 15.0 Å². The summed E-state index contributed by atoms with van der Waals surface area (Å²) in [5.74, 6) is 0.676. The van der Waals surface area contributed by atoms with Gasteiger partial charge in [-0.2, -0.15) is 0 Å². The molecule has 0 radical (unpaired) electrons. The second-order valence-electron chi connectivity index (χ2n) is 6.93. The molecule has 3 N–H and O–H groups in total. The molecule has 0 atom stereocenters. The molecule has 0 unspecified atom stereocenters. The highest BCUT2D eigenvalue weighted by molar-refractivity contribution is 7.17. The summed E-state index contributed by atoms with van der Waals surface area (Å²) < 4.78 is 6.32. The Kier molecular flexibility index (Phi) is 5.00. The predicted molar refractivity (Wildman–Crippen MR) is 125 cm³/mol. The molecule has 0 aliphatic rings. The first-order valence-electron chi connectivity index (χ1n) is 9.65. The van der Waals surface area contributed by atoms with Crippen molar-refractivity contribution >= 4 is 50.1 Å². The van der Waals surface area contributed by atoms with Crippen molar-refractivity contribution in [1.29, 1.82) is 0 Å². The number of methoxy groups -OCH3 is 1. The molecule has 0 aliphatic carbocycles. The first-order valence-corrected chi connectivity index (χ1v) is 10.5. The lowest BCUT2D eigenvalue weighted by Gasteiger charge is -2.09. The predicted octanol–water partition coefficient (Wildman–Crippen LogP) is 5.26. The number of nitrogens with one attached hydrogen (secondary N) is 2.